The molecule has 0 rings (SSSR count). The lowest BCUT2D eigenvalue weighted by Crippen LogP contribution is -2.39. The molecule has 0 spiro atoms. The molecule has 0 heterocycles. The molecule has 2 nitrogen and oxygen atoms in total. The van der Waals surface area contributed by atoms with Crippen LogP contribution in [0.1, 0.15) is 60.3 Å². The number of hydrogen-bond acceptors (Lipinski definition) is 2. The Morgan fingerprint density at radius 2 is 1.71 bits per heavy atom. The topological polar surface area (TPSA) is 21.3 Å². The van der Waals surface area contributed by atoms with E-state index in [0.29, 0.717) is 17.9 Å². The van der Waals surface area contributed by atoms with Gasteiger partial charge in [-0.2, -0.15) is 0 Å². The van der Waals surface area contributed by atoms with Gasteiger partial charge in [0.25, 0.3) is 0 Å². The number of ether oxygens (including phenoxy) is 1. The molecule has 1 N–H and O–H groups in total. The molecule has 0 fully saturated rings. The molecule has 17 heavy (non-hydrogen) atoms. The average molecular weight is 243 g/mol. The van der Waals surface area contributed by atoms with Crippen LogP contribution in [-0.2, 0) is 4.74 Å². The second-order valence-electron chi connectivity index (χ2n) is 5.38. The van der Waals surface area contributed by atoms with Gasteiger partial charge in [0.2, 0.25) is 0 Å². The monoisotopic (exact) mass is 243 g/mol. The van der Waals surface area contributed by atoms with Crippen molar-refractivity contribution in [2.75, 3.05) is 19.8 Å². The van der Waals surface area contributed by atoms with Crippen molar-refractivity contribution in [2.24, 2.45) is 11.8 Å². The van der Waals surface area contributed by atoms with Crippen LogP contribution in [0.25, 0.3) is 0 Å². The molecule has 104 valence electrons. The smallest absolute Gasteiger partial charge is 0.0622 e. The van der Waals surface area contributed by atoms with Gasteiger partial charge in [0.15, 0.2) is 0 Å². The van der Waals surface area contributed by atoms with Gasteiger partial charge in [-0.3, -0.25) is 0 Å². The maximum Gasteiger partial charge on any atom is 0.0622 e. The third-order valence-electron chi connectivity index (χ3n) is 3.47. The number of hydrogen-bond donors (Lipinski definition) is 1. The standard InChI is InChI=1S/C15H33NO/c1-6-9-13(4)11-17-12-15(14(5)8-3)16-10-7-2/h13-16H,6-12H2,1-5H3. The predicted octanol–water partition coefficient (Wildman–Crippen LogP) is 3.85. The van der Waals surface area contributed by atoms with Crippen LogP contribution < -0.4 is 5.32 Å². The highest BCUT2D eigenvalue weighted by atomic mass is 16.5. The lowest BCUT2D eigenvalue weighted by atomic mass is 9.99. The summed E-state index contributed by atoms with van der Waals surface area (Å²) in [5, 5.41) is 3.60. The van der Waals surface area contributed by atoms with Crippen LogP contribution in [0.4, 0.5) is 0 Å². The minimum absolute atomic E-state index is 0.522. The molecule has 3 atom stereocenters. The van der Waals surface area contributed by atoms with Gasteiger partial charge in [-0.05, 0) is 31.2 Å². The predicted molar refractivity (Wildman–Crippen MR) is 76.4 cm³/mol. The van der Waals surface area contributed by atoms with E-state index >= 15 is 0 Å². The Hall–Kier alpha value is -0.0800. The second kappa shape index (κ2) is 11.0. The second-order valence-corrected chi connectivity index (χ2v) is 5.38. The third-order valence-corrected chi connectivity index (χ3v) is 3.47. The van der Waals surface area contributed by atoms with Gasteiger partial charge >= 0.3 is 0 Å². The third kappa shape index (κ3) is 8.62. The van der Waals surface area contributed by atoms with Gasteiger partial charge in [0.1, 0.15) is 0 Å². The van der Waals surface area contributed by atoms with Gasteiger partial charge in [-0.15, -0.1) is 0 Å². The summed E-state index contributed by atoms with van der Waals surface area (Å²) in [5.41, 5.74) is 0. The van der Waals surface area contributed by atoms with Crippen molar-refractivity contribution in [1.29, 1.82) is 0 Å². The maximum absolute atomic E-state index is 5.87. The molecular formula is C15H33NO. The first-order valence-corrected chi connectivity index (χ1v) is 7.46. The summed E-state index contributed by atoms with van der Waals surface area (Å²) in [6.45, 7) is 14.2. The lowest BCUT2D eigenvalue weighted by Gasteiger charge is -2.25. The van der Waals surface area contributed by atoms with E-state index in [9.17, 15) is 0 Å². The molecular weight excluding hydrogens is 210 g/mol. The fourth-order valence-electron chi connectivity index (χ4n) is 2.01. The molecule has 0 aromatic carbocycles. The van der Waals surface area contributed by atoms with E-state index in [4.69, 9.17) is 4.74 Å². The average Bonchev–Trinajstić information content (AvgIpc) is 2.32. The molecule has 0 aliphatic heterocycles. The SMILES string of the molecule is CCCNC(COCC(C)CCC)C(C)CC. The molecule has 0 aromatic rings. The summed E-state index contributed by atoms with van der Waals surface area (Å²) in [6.07, 6.45) is 4.94. The van der Waals surface area contributed by atoms with E-state index in [2.05, 4.69) is 39.9 Å². The first-order valence-electron chi connectivity index (χ1n) is 7.46. The zero-order chi connectivity index (χ0) is 13.1. The van der Waals surface area contributed by atoms with Crippen LogP contribution in [0.5, 0.6) is 0 Å². The Morgan fingerprint density at radius 3 is 2.24 bits per heavy atom. The van der Waals surface area contributed by atoms with Gasteiger partial charge in [-0.25, -0.2) is 0 Å². The van der Waals surface area contributed by atoms with Gasteiger partial charge in [0, 0.05) is 12.6 Å². The normalized spacial score (nSPS) is 16.8. The molecule has 0 radical (unpaired) electrons. The molecule has 2 heteroatoms. The van der Waals surface area contributed by atoms with E-state index < -0.39 is 0 Å². The molecule has 0 bridgehead atoms. The van der Waals surface area contributed by atoms with Crippen LogP contribution >= 0.6 is 0 Å². The highest BCUT2D eigenvalue weighted by Gasteiger charge is 2.15. The summed E-state index contributed by atoms with van der Waals surface area (Å²) in [6, 6.07) is 0.522. The lowest BCUT2D eigenvalue weighted by molar-refractivity contribution is 0.0704. The van der Waals surface area contributed by atoms with Crippen LogP contribution in [0.2, 0.25) is 0 Å². The van der Waals surface area contributed by atoms with Crippen molar-refractivity contribution in [3.63, 3.8) is 0 Å². The molecule has 3 unspecified atom stereocenters. The Labute approximate surface area is 109 Å². The first-order chi connectivity index (χ1) is 8.15. The van der Waals surface area contributed by atoms with E-state index in [1.165, 1.54) is 25.7 Å². The summed E-state index contributed by atoms with van der Waals surface area (Å²) >= 11 is 0. The Bertz CT molecular complexity index is 161. The molecule has 0 aliphatic rings. The maximum atomic E-state index is 5.87. The van der Waals surface area contributed by atoms with Crippen molar-refractivity contribution in [3.05, 3.63) is 0 Å². The van der Waals surface area contributed by atoms with Crippen LogP contribution in [0.3, 0.4) is 0 Å². The highest BCUT2D eigenvalue weighted by molar-refractivity contribution is 4.72. The Morgan fingerprint density at radius 1 is 1.00 bits per heavy atom. The van der Waals surface area contributed by atoms with E-state index in [0.717, 1.165) is 19.8 Å². The van der Waals surface area contributed by atoms with Crippen LogP contribution in [0.15, 0.2) is 0 Å². The van der Waals surface area contributed by atoms with E-state index in [1.54, 1.807) is 0 Å². The van der Waals surface area contributed by atoms with Crippen molar-refractivity contribution in [1.82, 2.24) is 5.32 Å². The molecule has 0 amide bonds. The fourth-order valence-corrected chi connectivity index (χ4v) is 2.01. The van der Waals surface area contributed by atoms with Crippen molar-refractivity contribution in [2.45, 2.75) is 66.3 Å². The summed E-state index contributed by atoms with van der Waals surface area (Å²) in [7, 11) is 0. The zero-order valence-electron chi connectivity index (χ0n) is 12.6. The molecule has 0 aromatic heterocycles. The fraction of sp³-hybridized carbons (Fsp3) is 1.00. The molecule has 0 saturated heterocycles. The Kier molecular flexibility index (Phi) is 11.0. The van der Waals surface area contributed by atoms with Crippen molar-refractivity contribution in [3.8, 4) is 0 Å². The molecule has 0 aliphatic carbocycles. The van der Waals surface area contributed by atoms with E-state index in [1.807, 2.05) is 0 Å². The van der Waals surface area contributed by atoms with Gasteiger partial charge in [0.05, 0.1) is 6.61 Å². The zero-order valence-corrected chi connectivity index (χ0v) is 12.6. The van der Waals surface area contributed by atoms with Gasteiger partial charge in [-0.1, -0.05) is 47.5 Å². The molecule has 0 saturated carbocycles. The number of rotatable bonds is 11. The van der Waals surface area contributed by atoms with Crippen molar-refractivity contribution >= 4 is 0 Å². The van der Waals surface area contributed by atoms with Crippen molar-refractivity contribution < 1.29 is 4.74 Å². The van der Waals surface area contributed by atoms with Gasteiger partial charge < -0.3 is 10.1 Å². The summed E-state index contributed by atoms with van der Waals surface area (Å²) < 4.78 is 5.87. The van der Waals surface area contributed by atoms with Crippen LogP contribution in [0, 0.1) is 11.8 Å². The first kappa shape index (κ1) is 16.9. The summed E-state index contributed by atoms with van der Waals surface area (Å²) in [4.78, 5) is 0. The highest BCUT2D eigenvalue weighted by Crippen LogP contribution is 2.10. The summed E-state index contributed by atoms with van der Waals surface area (Å²) in [5.74, 6) is 1.40. The van der Waals surface area contributed by atoms with E-state index in [-0.39, 0.29) is 0 Å². The van der Waals surface area contributed by atoms with Crippen LogP contribution in [-0.4, -0.2) is 25.8 Å². The minimum atomic E-state index is 0.522. The quantitative estimate of drug-likeness (QED) is 0.595. The largest absolute Gasteiger partial charge is 0.380 e. The number of nitrogens with one attached hydrogen (secondary N) is 1. The Balaban J connectivity index is 3.82. The minimum Gasteiger partial charge on any atom is -0.380 e.